The van der Waals surface area contributed by atoms with E-state index >= 15 is 0 Å². The number of aliphatic imine (C=N–C) groups is 1. The molecule has 28 heavy (non-hydrogen) atoms. The van der Waals surface area contributed by atoms with Crippen LogP contribution in [0.15, 0.2) is 29.3 Å². The lowest BCUT2D eigenvalue weighted by atomic mass is 9.86. The molecule has 1 aromatic carbocycles. The van der Waals surface area contributed by atoms with E-state index < -0.39 is 10.0 Å². The van der Waals surface area contributed by atoms with Gasteiger partial charge in [-0.2, -0.15) is 0 Å². The van der Waals surface area contributed by atoms with Gasteiger partial charge in [0.1, 0.15) is 5.75 Å². The van der Waals surface area contributed by atoms with Crippen LogP contribution in [0.25, 0.3) is 0 Å². The van der Waals surface area contributed by atoms with Gasteiger partial charge in [-0.25, -0.2) is 13.1 Å². The number of phenols is 1. The summed E-state index contributed by atoms with van der Waals surface area (Å²) in [6, 6.07) is 7.35. The van der Waals surface area contributed by atoms with Crippen molar-refractivity contribution in [2.45, 2.75) is 19.3 Å². The molecule has 2 aliphatic rings. The predicted molar refractivity (Wildman–Crippen MR) is 112 cm³/mol. The molecule has 0 atom stereocenters. The maximum absolute atomic E-state index is 12.1. The van der Waals surface area contributed by atoms with Crippen molar-refractivity contribution in [1.29, 1.82) is 0 Å². The molecule has 0 spiro atoms. The van der Waals surface area contributed by atoms with Gasteiger partial charge >= 0.3 is 0 Å². The Morgan fingerprint density at radius 3 is 2.54 bits per heavy atom. The van der Waals surface area contributed by atoms with Crippen molar-refractivity contribution < 1.29 is 13.5 Å². The highest BCUT2D eigenvalue weighted by atomic mass is 32.2. The number of nitrogens with one attached hydrogen (secondary N) is 2. The molecule has 1 aliphatic heterocycles. The number of phenolic OH excluding ortho intramolecular Hbond substituents is 1. The third-order valence-electron chi connectivity index (χ3n) is 5.48. The van der Waals surface area contributed by atoms with E-state index in [0.717, 1.165) is 44.7 Å². The summed E-state index contributed by atoms with van der Waals surface area (Å²) in [4.78, 5) is 8.55. The van der Waals surface area contributed by atoms with Gasteiger partial charge in [0.15, 0.2) is 5.96 Å². The predicted octanol–water partition coefficient (Wildman–Crippen LogP) is 0.809. The highest BCUT2D eigenvalue weighted by Crippen LogP contribution is 2.27. The van der Waals surface area contributed by atoms with Crippen LogP contribution in [0.3, 0.4) is 0 Å². The van der Waals surface area contributed by atoms with Crippen molar-refractivity contribution in [3.8, 4) is 5.75 Å². The Hall–Kier alpha value is -2.00. The van der Waals surface area contributed by atoms with Crippen molar-refractivity contribution in [3.63, 3.8) is 0 Å². The fourth-order valence-electron chi connectivity index (χ4n) is 3.53. The first-order valence-electron chi connectivity index (χ1n) is 9.94. The minimum absolute atomic E-state index is 0.0383. The molecule has 3 N–H and O–H groups in total. The number of sulfonamides is 1. The van der Waals surface area contributed by atoms with Gasteiger partial charge in [0, 0.05) is 46.3 Å². The average Bonchev–Trinajstić information content (AvgIpc) is 2.65. The third kappa shape index (κ3) is 5.51. The first-order chi connectivity index (χ1) is 13.5. The van der Waals surface area contributed by atoms with E-state index in [9.17, 15) is 13.5 Å². The van der Waals surface area contributed by atoms with E-state index in [1.807, 2.05) is 18.2 Å². The molecule has 1 aromatic rings. The van der Waals surface area contributed by atoms with Crippen molar-refractivity contribution in [2.75, 3.05) is 57.0 Å². The quantitative estimate of drug-likeness (QED) is 0.456. The van der Waals surface area contributed by atoms with Gasteiger partial charge in [0.05, 0.1) is 11.4 Å². The standard InChI is InChI=1S/C19H31N5O3S/c1-20-19(21-9-14-28(26,27)22-15-16-5-4-6-16)24-12-10-23(11-13-24)17-7-2-3-8-18(17)25/h2-3,7-8,16,22,25H,4-6,9-15H2,1H3,(H,20,21). The van der Waals surface area contributed by atoms with Crippen LogP contribution in [0.1, 0.15) is 19.3 Å². The number of anilines is 1. The zero-order valence-corrected chi connectivity index (χ0v) is 17.3. The second-order valence-corrected chi connectivity index (χ2v) is 9.33. The van der Waals surface area contributed by atoms with Gasteiger partial charge < -0.3 is 20.2 Å². The van der Waals surface area contributed by atoms with E-state index in [0.29, 0.717) is 25.0 Å². The number of hydrogen-bond donors (Lipinski definition) is 3. The van der Waals surface area contributed by atoms with Gasteiger partial charge in [-0.1, -0.05) is 18.6 Å². The summed E-state index contributed by atoms with van der Waals surface area (Å²) in [6.07, 6.45) is 3.46. The molecule has 8 nitrogen and oxygen atoms in total. The summed E-state index contributed by atoms with van der Waals surface area (Å²) in [5.41, 5.74) is 0.841. The van der Waals surface area contributed by atoms with E-state index in [1.165, 1.54) is 6.42 Å². The van der Waals surface area contributed by atoms with Gasteiger partial charge in [-0.3, -0.25) is 4.99 Å². The Bertz CT molecular complexity index is 772. The number of hydrogen-bond acceptors (Lipinski definition) is 5. The monoisotopic (exact) mass is 409 g/mol. The van der Waals surface area contributed by atoms with Crippen LogP contribution in [-0.4, -0.2) is 76.5 Å². The van der Waals surface area contributed by atoms with Crippen molar-refractivity contribution in [1.82, 2.24) is 14.9 Å². The molecule has 9 heteroatoms. The molecular weight excluding hydrogens is 378 g/mol. The summed E-state index contributed by atoms with van der Waals surface area (Å²) >= 11 is 0. The Labute approximate surface area is 167 Å². The maximum atomic E-state index is 12.1. The molecule has 1 saturated carbocycles. The molecule has 3 rings (SSSR count). The van der Waals surface area contributed by atoms with Gasteiger partial charge in [0.25, 0.3) is 0 Å². The van der Waals surface area contributed by atoms with E-state index in [4.69, 9.17) is 0 Å². The lowest BCUT2D eigenvalue weighted by Crippen LogP contribution is -2.53. The van der Waals surface area contributed by atoms with E-state index in [-0.39, 0.29) is 11.5 Å². The van der Waals surface area contributed by atoms with Crippen LogP contribution >= 0.6 is 0 Å². The molecule has 2 fully saturated rings. The van der Waals surface area contributed by atoms with Crippen molar-refractivity contribution in [3.05, 3.63) is 24.3 Å². The first-order valence-corrected chi connectivity index (χ1v) is 11.6. The second kappa shape index (κ2) is 9.47. The number of aromatic hydroxyl groups is 1. The second-order valence-electron chi connectivity index (χ2n) is 7.40. The summed E-state index contributed by atoms with van der Waals surface area (Å²) < 4.78 is 26.9. The van der Waals surface area contributed by atoms with Crippen molar-refractivity contribution in [2.24, 2.45) is 10.9 Å². The minimum atomic E-state index is -3.26. The number of rotatable bonds is 7. The minimum Gasteiger partial charge on any atom is -0.506 e. The Balaban J connectivity index is 1.42. The van der Waals surface area contributed by atoms with Gasteiger partial charge in [0.2, 0.25) is 10.0 Å². The lowest BCUT2D eigenvalue weighted by molar-refractivity contribution is 0.316. The molecule has 0 bridgehead atoms. The Morgan fingerprint density at radius 2 is 1.93 bits per heavy atom. The maximum Gasteiger partial charge on any atom is 0.213 e. The summed E-state index contributed by atoms with van der Waals surface area (Å²) in [7, 11) is -1.55. The van der Waals surface area contributed by atoms with Crippen molar-refractivity contribution >= 4 is 21.7 Å². The van der Waals surface area contributed by atoms with Crippen LogP contribution in [0.5, 0.6) is 5.75 Å². The molecule has 0 radical (unpaired) electrons. The Morgan fingerprint density at radius 1 is 1.21 bits per heavy atom. The fourth-order valence-corrected chi connectivity index (χ4v) is 4.54. The van der Waals surface area contributed by atoms with Crippen LogP contribution in [-0.2, 0) is 10.0 Å². The van der Waals surface area contributed by atoms with Crippen LogP contribution < -0.4 is 14.9 Å². The van der Waals surface area contributed by atoms with Gasteiger partial charge in [-0.05, 0) is 30.9 Å². The Kier molecular flexibility index (Phi) is 7.01. The molecule has 1 aliphatic carbocycles. The fraction of sp³-hybridized carbons (Fsp3) is 0.632. The number of nitrogens with zero attached hydrogens (tertiary/aromatic N) is 3. The van der Waals surface area contributed by atoms with Crippen LogP contribution in [0, 0.1) is 5.92 Å². The lowest BCUT2D eigenvalue weighted by Gasteiger charge is -2.37. The normalized spacial score (nSPS) is 18.8. The number of benzene rings is 1. The number of piperazine rings is 1. The average molecular weight is 410 g/mol. The van der Waals surface area contributed by atoms with Gasteiger partial charge in [-0.15, -0.1) is 0 Å². The molecular formula is C19H31N5O3S. The number of para-hydroxylation sites is 2. The van der Waals surface area contributed by atoms with Crippen LogP contribution in [0.2, 0.25) is 0 Å². The highest BCUT2D eigenvalue weighted by molar-refractivity contribution is 7.89. The first kappa shape index (κ1) is 20.7. The SMILES string of the molecule is CN=C(NCCS(=O)(=O)NCC1CCC1)N1CCN(c2ccccc2O)CC1. The largest absolute Gasteiger partial charge is 0.506 e. The molecule has 0 aromatic heterocycles. The zero-order chi connectivity index (χ0) is 20.0. The summed E-state index contributed by atoms with van der Waals surface area (Å²) in [6.45, 7) is 3.91. The molecule has 0 unspecified atom stereocenters. The molecule has 1 saturated heterocycles. The molecule has 156 valence electrons. The smallest absolute Gasteiger partial charge is 0.213 e. The highest BCUT2D eigenvalue weighted by Gasteiger charge is 2.22. The third-order valence-corrected chi connectivity index (χ3v) is 6.83. The summed E-state index contributed by atoms with van der Waals surface area (Å²) in [5.74, 6) is 1.55. The van der Waals surface area contributed by atoms with E-state index in [1.54, 1.807) is 13.1 Å². The topological polar surface area (TPSA) is 97.3 Å². The molecule has 1 heterocycles. The van der Waals surface area contributed by atoms with Crippen LogP contribution in [0.4, 0.5) is 5.69 Å². The zero-order valence-electron chi connectivity index (χ0n) is 16.5. The number of guanidine groups is 1. The van der Waals surface area contributed by atoms with E-state index in [2.05, 4.69) is 24.8 Å². The summed E-state index contributed by atoms with van der Waals surface area (Å²) in [5, 5.41) is 13.2. The molecule has 0 amide bonds.